The number of sulfonamides is 1. The molecule has 0 bridgehead atoms. The van der Waals surface area contributed by atoms with Crippen molar-refractivity contribution >= 4 is 10.0 Å². The minimum Gasteiger partial charge on any atom is -0.330 e. The Labute approximate surface area is 125 Å². The number of nitrogens with one attached hydrogen (secondary N) is 1. The lowest BCUT2D eigenvalue weighted by molar-refractivity contribution is -0.140. The van der Waals surface area contributed by atoms with E-state index < -0.39 is 38.5 Å². The van der Waals surface area contributed by atoms with E-state index in [1.165, 1.54) is 0 Å². The maximum atomic E-state index is 13.2. The molecule has 22 heavy (non-hydrogen) atoms. The van der Waals surface area contributed by atoms with E-state index in [9.17, 15) is 26.0 Å². The van der Waals surface area contributed by atoms with E-state index in [0.717, 1.165) is 18.9 Å². The molecule has 2 rings (SSSR count). The van der Waals surface area contributed by atoms with Gasteiger partial charge in [-0.1, -0.05) is 6.42 Å². The zero-order valence-corrected chi connectivity index (χ0v) is 12.3. The fourth-order valence-corrected chi connectivity index (χ4v) is 4.00. The number of hydrogen-bond acceptors (Lipinski definition) is 3. The first-order valence-electron chi connectivity index (χ1n) is 6.74. The van der Waals surface area contributed by atoms with Crippen LogP contribution in [0.4, 0.5) is 17.6 Å². The highest BCUT2D eigenvalue weighted by atomic mass is 32.2. The third-order valence-corrected chi connectivity index (χ3v) is 5.31. The summed E-state index contributed by atoms with van der Waals surface area (Å²) in [6, 6.07) is 1.23. The molecule has 1 aliphatic carbocycles. The monoisotopic (exact) mass is 340 g/mol. The number of rotatable bonds is 4. The summed E-state index contributed by atoms with van der Waals surface area (Å²) in [6.07, 6.45) is -2.82. The topological polar surface area (TPSA) is 72.2 Å². The summed E-state index contributed by atoms with van der Waals surface area (Å²) >= 11 is 0. The van der Waals surface area contributed by atoms with Crippen LogP contribution in [0.3, 0.4) is 0 Å². The van der Waals surface area contributed by atoms with Gasteiger partial charge in [0.25, 0.3) is 0 Å². The lowest BCUT2D eigenvalue weighted by Gasteiger charge is -2.20. The molecular formula is C13H16F4N2O2S. The van der Waals surface area contributed by atoms with Crippen LogP contribution >= 0.6 is 0 Å². The summed E-state index contributed by atoms with van der Waals surface area (Å²) < 4.78 is 78.0. The average molecular weight is 340 g/mol. The first-order chi connectivity index (χ1) is 10.1. The minimum absolute atomic E-state index is 0.0442. The van der Waals surface area contributed by atoms with Crippen molar-refractivity contribution in [3.63, 3.8) is 0 Å². The molecule has 0 saturated heterocycles. The molecule has 0 spiro atoms. The quantitative estimate of drug-likeness (QED) is 0.826. The lowest BCUT2D eigenvalue weighted by atomic mass is 10.1. The van der Waals surface area contributed by atoms with Crippen LogP contribution < -0.4 is 10.5 Å². The third kappa shape index (κ3) is 3.58. The van der Waals surface area contributed by atoms with Crippen LogP contribution in [-0.2, 0) is 16.2 Å². The predicted octanol–water partition coefficient (Wildman–Crippen LogP) is 2.25. The van der Waals surface area contributed by atoms with Crippen LogP contribution in [0.1, 0.15) is 24.8 Å². The average Bonchev–Trinajstić information content (AvgIpc) is 2.84. The van der Waals surface area contributed by atoms with Gasteiger partial charge < -0.3 is 5.73 Å². The summed E-state index contributed by atoms with van der Waals surface area (Å²) in [5.41, 5.74) is 3.95. The Bertz CT molecular complexity index is 646. The van der Waals surface area contributed by atoms with E-state index in [1.54, 1.807) is 0 Å². The Kier molecular flexibility index (Phi) is 4.78. The fraction of sp³-hybridized carbons (Fsp3) is 0.538. The summed E-state index contributed by atoms with van der Waals surface area (Å²) in [4.78, 5) is -0.608. The highest BCUT2D eigenvalue weighted by Crippen LogP contribution is 2.33. The first-order valence-corrected chi connectivity index (χ1v) is 8.22. The highest BCUT2D eigenvalue weighted by Gasteiger charge is 2.36. The molecule has 2 atom stereocenters. The molecule has 124 valence electrons. The van der Waals surface area contributed by atoms with Crippen molar-refractivity contribution in [2.45, 2.75) is 36.4 Å². The molecule has 1 saturated carbocycles. The van der Waals surface area contributed by atoms with Crippen LogP contribution in [0.25, 0.3) is 0 Å². The lowest BCUT2D eigenvalue weighted by Crippen LogP contribution is -2.39. The van der Waals surface area contributed by atoms with Gasteiger partial charge in [0.2, 0.25) is 10.0 Å². The second-order valence-corrected chi connectivity index (χ2v) is 7.01. The number of alkyl halides is 3. The molecule has 0 radical (unpaired) electrons. The van der Waals surface area contributed by atoms with Crippen LogP contribution in [0.5, 0.6) is 0 Å². The summed E-state index contributed by atoms with van der Waals surface area (Å²) in [6.45, 7) is 0.296. The zero-order chi connectivity index (χ0) is 16.5. The maximum Gasteiger partial charge on any atom is 0.419 e. The van der Waals surface area contributed by atoms with Gasteiger partial charge in [0.15, 0.2) is 0 Å². The van der Waals surface area contributed by atoms with E-state index in [0.29, 0.717) is 25.1 Å². The van der Waals surface area contributed by atoms with Crippen molar-refractivity contribution in [1.82, 2.24) is 4.72 Å². The van der Waals surface area contributed by atoms with E-state index in [2.05, 4.69) is 4.72 Å². The molecule has 1 aromatic carbocycles. The van der Waals surface area contributed by atoms with Crippen LogP contribution in [0.2, 0.25) is 0 Å². The number of nitrogens with two attached hydrogens (primary N) is 1. The van der Waals surface area contributed by atoms with Gasteiger partial charge in [-0.05, 0) is 43.5 Å². The van der Waals surface area contributed by atoms with E-state index in [1.807, 2.05) is 0 Å². The van der Waals surface area contributed by atoms with Crippen molar-refractivity contribution < 1.29 is 26.0 Å². The second kappa shape index (κ2) is 6.13. The molecule has 1 aliphatic rings. The predicted molar refractivity (Wildman–Crippen MR) is 71.9 cm³/mol. The molecule has 1 fully saturated rings. The van der Waals surface area contributed by atoms with Gasteiger partial charge >= 0.3 is 6.18 Å². The Morgan fingerprint density at radius 1 is 1.27 bits per heavy atom. The number of hydrogen-bond donors (Lipinski definition) is 2. The van der Waals surface area contributed by atoms with Gasteiger partial charge in [0, 0.05) is 6.04 Å². The van der Waals surface area contributed by atoms with Crippen LogP contribution in [0.15, 0.2) is 23.1 Å². The molecule has 4 nitrogen and oxygen atoms in total. The Morgan fingerprint density at radius 3 is 2.55 bits per heavy atom. The smallest absolute Gasteiger partial charge is 0.330 e. The van der Waals surface area contributed by atoms with Gasteiger partial charge in [0.1, 0.15) is 5.82 Å². The molecule has 1 aromatic rings. The summed E-state index contributed by atoms with van der Waals surface area (Å²) in [5, 5.41) is 0. The number of halogens is 4. The Balaban J connectivity index is 2.30. The second-order valence-electron chi connectivity index (χ2n) is 5.29. The normalized spacial score (nSPS) is 23.0. The van der Waals surface area contributed by atoms with Crippen molar-refractivity contribution in [2.75, 3.05) is 6.54 Å². The molecule has 2 unspecified atom stereocenters. The van der Waals surface area contributed by atoms with Crippen molar-refractivity contribution in [2.24, 2.45) is 11.7 Å². The highest BCUT2D eigenvalue weighted by molar-refractivity contribution is 7.89. The summed E-state index contributed by atoms with van der Waals surface area (Å²) in [7, 11) is -4.16. The molecule has 0 aliphatic heterocycles. The van der Waals surface area contributed by atoms with Crippen LogP contribution in [0, 0.1) is 11.7 Å². The molecule has 3 N–H and O–H groups in total. The van der Waals surface area contributed by atoms with Gasteiger partial charge in [0.05, 0.1) is 10.5 Å². The first kappa shape index (κ1) is 17.2. The third-order valence-electron chi connectivity index (χ3n) is 3.82. The molecule has 0 aromatic heterocycles. The number of benzene rings is 1. The maximum absolute atomic E-state index is 13.2. The standard InChI is InChI=1S/C13H16F4N2O2S/c14-11-5-4-9(6-10(11)13(15,16)17)22(20,21)19-12-3-1-2-8(12)7-18/h4-6,8,12,19H,1-3,7,18H2. The van der Waals surface area contributed by atoms with Crippen LogP contribution in [-0.4, -0.2) is 21.0 Å². The Hall–Kier alpha value is -1.19. The van der Waals surface area contributed by atoms with Gasteiger partial charge in [-0.3, -0.25) is 0 Å². The molecule has 0 amide bonds. The van der Waals surface area contributed by atoms with E-state index >= 15 is 0 Å². The SMILES string of the molecule is NCC1CCCC1NS(=O)(=O)c1ccc(F)c(C(F)(F)F)c1. The largest absolute Gasteiger partial charge is 0.419 e. The Morgan fingerprint density at radius 2 is 1.95 bits per heavy atom. The fourth-order valence-electron chi connectivity index (χ4n) is 2.63. The molecule has 9 heteroatoms. The minimum atomic E-state index is -4.96. The van der Waals surface area contributed by atoms with Crippen molar-refractivity contribution in [3.05, 3.63) is 29.6 Å². The summed E-state index contributed by atoms with van der Waals surface area (Å²) in [5.74, 6) is -1.55. The zero-order valence-electron chi connectivity index (χ0n) is 11.5. The van der Waals surface area contributed by atoms with Gasteiger partial charge in [-0.25, -0.2) is 17.5 Å². The van der Waals surface area contributed by atoms with E-state index in [-0.39, 0.29) is 5.92 Å². The van der Waals surface area contributed by atoms with Gasteiger partial charge in [-0.15, -0.1) is 0 Å². The van der Waals surface area contributed by atoms with Crippen molar-refractivity contribution in [1.29, 1.82) is 0 Å². The van der Waals surface area contributed by atoms with Crippen molar-refractivity contribution in [3.8, 4) is 0 Å². The van der Waals surface area contributed by atoms with E-state index in [4.69, 9.17) is 5.73 Å². The molecular weight excluding hydrogens is 324 g/mol. The molecule has 0 heterocycles. The van der Waals surface area contributed by atoms with Gasteiger partial charge in [-0.2, -0.15) is 13.2 Å².